The minimum atomic E-state index is -0.872. The summed E-state index contributed by atoms with van der Waals surface area (Å²) >= 11 is 0. The van der Waals surface area contributed by atoms with Crippen molar-refractivity contribution in [3.8, 4) is 0 Å². The highest BCUT2D eigenvalue weighted by molar-refractivity contribution is 5.72. The summed E-state index contributed by atoms with van der Waals surface area (Å²) in [5.74, 6) is -1.46. The van der Waals surface area contributed by atoms with Gasteiger partial charge < -0.3 is 23.8 Å². The van der Waals surface area contributed by atoms with Crippen molar-refractivity contribution in [2.75, 3.05) is 41.0 Å². The number of unbranched alkanes of at least 4 members (excludes halogenated alkanes) is 29. The summed E-state index contributed by atoms with van der Waals surface area (Å²) in [6.07, 6.45) is 45.4. The molecular formula is C50H96NO7+. The number of carbonyl (C=O) groups is 3. The van der Waals surface area contributed by atoms with Crippen molar-refractivity contribution >= 4 is 17.9 Å². The Balaban J connectivity index is 4.25. The maximum absolute atomic E-state index is 12.8. The molecule has 8 heteroatoms. The number of nitrogens with zero attached hydrogens (tertiary/aromatic N) is 1. The summed E-state index contributed by atoms with van der Waals surface area (Å²) in [7, 11) is 5.54. The van der Waals surface area contributed by atoms with Gasteiger partial charge in [-0.3, -0.25) is 9.59 Å². The Hall–Kier alpha value is -1.93. The molecule has 58 heavy (non-hydrogen) atoms. The lowest BCUT2D eigenvalue weighted by atomic mass is 10.0. The van der Waals surface area contributed by atoms with Gasteiger partial charge in [0.15, 0.2) is 12.1 Å². The largest absolute Gasteiger partial charge is 0.477 e. The van der Waals surface area contributed by atoms with Crippen molar-refractivity contribution in [1.82, 2.24) is 0 Å². The summed E-state index contributed by atoms with van der Waals surface area (Å²) in [6.45, 7) is 4.77. The highest BCUT2D eigenvalue weighted by Crippen LogP contribution is 2.16. The van der Waals surface area contributed by atoms with Crippen molar-refractivity contribution < 1.29 is 38.2 Å². The minimum Gasteiger partial charge on any atom is -0.477 e. The molecule has 0 heterocycles. The van der Waals surface area contributed by atoms with Gasteiger partial charge in [-0.2, -0.15) is 0 Å². The molecule has 0 saturated heterocycles. The van der Waals surface area contributed by atoms with Gasteiger partial charge in [0.1, 0.15) is 6.61 Å². The van der Waals surface area contributed by atoms with E-state index in [-0.39, 0.29) is 36.2 Å². The van der Waals surface area contributed by atoms with E-state index in [1.807, 2.05) is 21.1 Å². The molecule has 0 aliphatic carbocycles. The summed E-state index contributed by atoms with van der Waals surface area (Å²) in [4.78, 5) is 37.1. The first-order valence-corrected chi connectivity index (χ1v) is 24.7. The quantitative estimate of drug-likeness (QED) is 0.0283. The van der Waals surface area contributed by atoms with Gasteiger partial charge in [0.25, 0.3) is 0 Å². The second-order valence-electron chi connectivity index (χ2n) is 18.1. The standard InChI is InChI=1S/C50H95NO7/c1-6-8-10-12-14-16-18-20-22-24-25-27-29-31-33-35-37-39-41-49(53)58-46(44-56-43-42-47(50(54)55)51(3,4)5)45-57-48(52)40-38-36-34-32-30-28-26-23-21-19-17-15-13-11-9-7-2/h23,26,46-47H,6-22,24-25,27-45H2,1-5H3/p+1/b26-23+. The predicted octanol–water partition coefficient (Wildman–Crippen LogP) is 13.9. The van der Waals surface area contributed by atoms with Crippen LogP contribution in [-0.4, -0.2) is 80.6 Å². The van der Waals surface area contributed by atoms with E-state index in [0.29, 0.717) is 19.3 Å². The van der Waals surface area contributed by atoms with Crippen LogP contribution in [0.5, 0.6) is 0 Å². The Bertz CT molecular complexity index is 962. The number of esters is 2. The summed E-state index contributed by atoms with van der Waals surface area (Å²) < 4.78 is 17.3. The second-order valence-corrected chi connectivity index (χ2v) is 18.1. The lowest BCUT2D eigenvalue weighted by Crippen LogP contribution is -2.50. The fourth-order valence-electron chi connectivity index (χ4n) is 7.56. The molecule has 2 unspecified atom stereocenters. The fraction of sp³-hybridized carbons (Fsp3) is 0.900. The fourth-order valence-corrected chi connectivity index (χ4v) is 7.56. The van der Waals surface area contributed by atoms with Crippen molar-refractivity contribution in [1.29, 1.82) is 0 Å². The molecule has 0 rings (SSSR count). The number of ether oxygens (including phenoxy) is 3. The van der Waals surface area contributed by atoms with E-state index >= 15 is 0 Å². The third-order valence-electron chi connectivity index (χ3n) is 11.4. The normalized spacial score (nSPS) is 12.9. The van der Waals surface area contributed by atoms with Crippen LogP contribution in [-0.2, 0) is 28.6 Å². The van der Waals surface area contributed by atoms with Crippen molar-refractivity contribution in [3.63, 3.8) is 0 Å². The molecule has 0 radical (unpaired) electrons. The molecular weight excluding hydrogens is 727 g/mol. The Morgan fingerprint density at radius 2 is 0.862 bits per heavy atom. The molecule has 8 nitrogen and oxygen atoms in total. The molecule has 0 aromatic carbocycles. The van der Waals surface area contributed by atoms with Crippen LogP contribution >= 0.6 is 0 Å². The summed E-state index contributed by atoms with van der Waals surface area (Å²) in [6, 6.07) is -0.612. The zero-order valence-corrected chi connectivity index (χ0v) is 39.0. The zero-order chi connectivity index (χ0) is 42.8. The third-order valence-corrected chi connectivity index (χ3v) is 11.4. The van der Waals surface area contributed by atoms with Crippen LogP contribution in [0.1, 0.15) is 239 Å². The maximum atomic E-state index is 12.8. The van der Waals surface area contributed by atoms with E-state index in [2.05, 4.69) is 26.0 Å². The average molecular weight is 823 g/mol. The van der Waals surface area contributed by atoms with Crippen molar-refractivity contribution in [2.45, 2.75) is 251 Å². The minimum absolute atomic E-state index is 0.0490. The van der Waals surface area contributed by atoms with Gasteiger partial charge >= 0.3 is 17.9 Å². The first-order chi connectivity index (χ1) is 28.1. The van der Waals surface area contributed by atoms with Crippen molar-refractivity contribution in [3.05, 3.63) is 12.2 Å². The van der Waals surface area contributed by atoms with E-state index in [0.717, 1.165) is 44.9 Å². The number of carboxylic acids is 1. The molecule has 0 spiro atoms. The van der Waals surface area contributed by atoms with Crippen LogP contribution in [0.2, 0.25) is 0 Å². The molecule has 1 N–H and O–H groups in total. The SMILES string of the molecule is CCCCCCCCC/C=C/CCCCCCCC(=O)OCC(COCCC(C(=O)O)[N+](C)(C)C)OC(=O)CCCCCCCCCCCCCCCCCCCC. The number of likely N-dealkylation sites (N-methyl/N-ethyl adjacent to an activating group) is 1. The average Bonchev–Trinajstić information content (AvgIpc) is 3.18. The highest BCUT2D eigenvalue weighted by Gasteiger charge is 2.31. The van der Waals surface area contributed by atoms with Gasteiger partial charge in [0.2, 0.25) is 0 Å². The number of aliphatic carboxylic acids is 1. The van der Waals surface area contributed by atoms with E-state index in [4.69, 9.17) is 14.2 Å². The topological polar surface area (TPSA) is 99.1 Å². The van der Waals surface area contributed by atoms with Crippen LogP contribution in [0, 0.1) is 0 Å². The molecule has 0 aromatic rings. The van der Waals surface area contributed by atoms with Crippen LogP contribution in [0.25, 0.3) is 0 Å². The predicted molar refractivity (Wildman–Crippen MR) is 243 cm³/mol. The number of carbonyl (C=O) groups excluding carboxylic acids is 2. The van der Waals surface area contributed by atoms with E-state index < -0.39 is 18.1 Å². The molecule has 0 bridgehead atoms. The van der Waals surface area contributed by atoms with Crippen LogP contribution in [0.15, 0.2) is 12.2 Å². The van der Waals surface area contributed by atoms with Gasteiger partial charge in [-0.1, -0.05) is 193 Å². The van der Waals surface area contributed by atoms with Crippen molar-refractivity contribution in [2.24, 2.45) is 0 Å². The van der Waals surface area contributed by atoms with Crippen LogP contribution in [0.4, 0.5) is 0 Å². The molecule has 0 aromatic heterocycles. The second kappa shape index (κ2) is 41.8. The van der Waals surface area contributed by atoms with E-state index in [9.17, 15) is 19.5 Å². The molecule has 0 amide bonds. The number of allylic oxidation sites excluding steroid dienone is 2. The monoisotopic (exact) mass is 823 g/mol. The van der Waals surface area contributed by atoms with Gasteiger partial charge in [-0.25, -0.2) is 4.79 Å². The summed E-state index contributed by atoms with van der Waals surface area (Å²) in [5.41, 5.74) is 0. The number of carboxylic acid groups (broad SMARTS) is 1. The molecule has 342 valence electrons. The zero-order valence-electron chi connectivity index (χ0n) is 39.0. The number of hydrogen-bond donors (Lipinski definition) is 1. The Labute approximate surface area is 359 Å². The smallest absolute Gasteiger partial charge is 0.362 e. The Kier molecular flexibility index (Phi) is 40.4. The van der Waals surface area contributed by atoms with Gasteiger partial charge in [0.05, 0.1) is 34.4 Å². The summed E-state index contributed by atoms with van der Waals surface area (Å²) in [5, 5.41) is 9.64. The molecule has 0 aliphatic heterocycles. The third kappa shape index (κ3) is 39.5. The molecule has 0 fully saturated rings. The first kappa shape index (κ1) is 56.1. The maximum Gasteiger partial charge on any atom is 0.362 e. The first-order valence-electron chi connectivity index (χ1n) is 24.7. The molecule has 2 atom stereocenters. The molecule has 0 aliphatic rings. The molecule has 0 saturated carbocycles. The van der Waals surface area contributed by atoms with E-state index in [1.54, 1.807) is 0 Å². The number of hydrogen-bond acceptors (Lipinski definition) is 6. The van der Waals surface area contributed by atoms with Crippen LogP contribution < -0.4 is 0 Å². The Morgan fingerprint density at radius 3 is 1.24 bits per heavy atom. The van der Waals surface area contributed by atoms with Gasteiger partial charge in [-0.05, 0) is 38.5 Å². The van der Waals surface area contributed by atoms with Gasteiger partial charge in [0, 0.05) is 19.3 Å². The van der Waals surface area contributed by atoms with Gasteiger partial charge in [-0.15, -0.1) is 0 Å². The Morgan fingerprint density at radius 1 is 0.500 bits per heavy atom. The lowest BCUT2D eigenvalue weighted by molar-refractivity contribution is -0.887. The van der Waals surface area contributed by atoms with E-state index in [1.165, 1.54) is 161 Å². The highest BCUT2D eigenvalue weighted by atomic mass is 16.6. The van der Waals surface area contributed by atoms with Crippen LogP contribution in [0.3, 0.4) is 0 Å². The number of rotatable bonds is 45. The lowest BCUT2D eigenvalue weighted by Gasteiger charge is -2.31. The number of quaternary nitrogens is 1.